The van der Waals surface area contributed by atoms with Crippen LogP contribution in [0.15, 0.2) is 45.6 Å². The Kier molecular flexibility index (Phi) is 4.09. The lowest BCUT2D eigenvalue weighted by atomic mass is 10.2. The fraction of sp³-hybridized carbons (Fsp3) is 0.133. The molecule has 2 N–H and O–H groups in total. The number of thioether (sulfide) groups is 1. The average Bonchev–Trinajstić information content (AvgIpc) is 3.24. The van der Waals surface area contributed by atoms with Gasteiger partial charge in [-0.1, -0.05) is 23.7 Å². The zero-order valence-corrected chi connectivity index (χ0v) is 14.6. The molecule has 112 valence electrons. The average molecular weight is 366 g/mol. The first kappa shape index (κ1) is 14.5. The number of nitrogens with zero attached hydrogens (tertiary/aromatic N) is 1. The summed E-state index contributed by atoms with van der Waals surface area (Å²) in [5.41, 5.74) is 3.29. The molecule has 0 bridgehead atoms. The molecule has 0 radical (unpaired) electrons. The lowest BCUT2D eigenvalue weighted by Gasteiger charge is -2.05. The number of aromatic amines is 1. The molecule has 1 aliphatic heterocycles. The predicted molar refractivity (Wildman–Crippen MR) is 101 cm³/mol. The number of nitrogens with one attached hydrogen (secondary N) is 2. The van der Waals surface area contributed by atoms with Gasteiger partial charge in [0.05, 0.1) is 25.4 Å². The first-order valence-corrected chi connectivity index (χ1v) is 9.77. The Balaban J connectivity index is 1.62. The number of rotatable bonds is 4. The van der Waals surface area contributed by atoms with Crippen LogP contribution >= 0.6 is 46.6 Å². The van der Waals surface area contributed by atoms with Crippen molar-refractivity contribution < 1.29 is 0 Å². The van der Waals surface area contributed by atoms with Gasteiger partial charge in [0.1, 0.15) is 5.04 Å². The molecular formula is C15H12ClN3S3. The number of aromatic nitrogens is 1. The summed E-state index contributed by atoms with van der Waals surface area (Å²) in [4.78, 5) is 8.03. The summed E-state index contributed by atoms with van der Waals surface area (Å²) in [5, 5.41) is 2.31. The van der Waals surface area contributed by atoms with Crippen molar-refractivity contribution in [3.8, 4) is 0 Å². The van der Waals surface area contributed by atoms with Crippen molar-refractivity contribution in [2.75, 3.05) is 17.0 Å². The van der Waals surface area contributed by atoms with Gasteiger partial charge < -0.3 is 9.71 Å². The zero-order valence-electron chi connectivity index (χ0n) is 11.4. The monoisotopic (exact) mass is 365 g/mol. The van der Waals surface area contributed by atoms with E-state index in [1.165, 1.54) is 5.39 Å². The number of hydrogen-bond donors (Lipinski definition) is 2. The number of benzene rings is 1. The molecule has 0 atom stereocenters. The first-order chi connectivity index (χ1) is 10.8. The fourth-order valence-corrected chi connectivity index (χ4v) is 5.13. The number of thiophene rings is 1. The van der Waals surface area contributed by atoms with Crippen LogP contribution in [0.1, 0.15) is 5.69 Å². The molecule has 0 aliphatic carbocycles. The summed E-state index contributed by atoms with van der Waals surface area (Å²) in [6.45, 7) is 0.912. The predicted octanol–water partition coefficient (Wildman–Crippen LogP) is 5.50. The SMILES string of the molecule is Clc1ccc(SNc2cccc3cc(C4=NCCS4)[nH]c23)s1. The largest absolute Gasteiger partial charge is 0.351 e. The maximum atomic E-state index is 5.97. The third-order valence-electron chi connectivity index (χ3n) is 3.28. The molecule has 0 spiro atoms. The summed E-state index contributed by atoms with van der Waals surface area (Å²) < 4.78 is 5.36. The number of H-pyrrole nitrogens is 1. The molecule has 2 aromatic heterocycles. The minimum Gasteiger partial charge on any atom is -0.351 e. The number of para-hydroxylation sites is 1. The molecule has 0 fully saturated rings. The van der Waals surface area contributed by atoms with Crippen LogP contribution in [0.3, 0.4) is 0 Å². The van der Waals surface area contributed by atoms with Gasteiger partial charge in [0.2, 0.25) is 0 Å². The van der Waals surface area contributed by atoms with Crippen LogP contribution in [0.5, 0.6) is 0 Å². The lowest BCUT2D eigenvalue weighted by molar-refractivity contribution is 1.17. The van der Waals surface area contributed by atoms with E-state index in [0.29, 0.717) is 0 Å². The van der Waals surface area contributed by atoms with Gasteiger partial charge in [0, 0.05) is 17.7 Å². The van der Waals surface area contributed by atoms with Crippen molar-refractivity contribution in [3.63, 3.8) is 0 Å². The Morgan fingerprint density at radius 2 is 2.23 bits per heavy atom. The van der Waals surface area contributed by atoms with E-state index in [4.69, 9.17) is 11.6 Å². The summed E-state index contributed by atoms with van der Waals surface area (Å²) >= 11 is 10.9. The second kappa shape index (κ2) is 6.20. The number of hydrogen-bond acceptors (Lipinski definition) is 5. The Bertz CT molecular complexity index is 853. The molecule has 3 aromatic rings. The number of anilines is 1. The van der Waals surface area contributed by atoms with Gasteiger partial charge in [-0.2, -0.15) is 0 Å². The smallest absolute Gasteiger partial charge is 0.114 e. The van der Waals surface area contributed by atoms with Crippen LogP contribution in [0.4, 0.5) is 5.69 Å². The molecular weight excluding hydrogens is 354 g/mol. The molecule has 3 nitrogen and oxygen atoms in total. The van der Waals surface area contributed by atoms with Gasteiger partial charge in [-0.3, -0.25) is 4.99 Å². The van der Waals surface area contributed by atoms with Crippen molar-refractivity contribution in [2.45, 2.75) is 4.21 Å². The van der Waals surface area contributed by atoms with Crippen LogP contribution in [0.25, 0.3) is 10.9 Å². The van der Waals surface area contributed by atoms with Crippen molar-refractivity contribution in [1.82, 2.24) is 4.98 Å². The standard InChI is InChI=1S/C15H12ClN3S3/c16-12-4-5-13(21-12)22-19-10-3-1-2-9-8-11(18-14(9)10)15-17-6-7-20-15/h1-5,8,18-19H,6-7H2. The van der Waals surface area contributed by atoms with E-state index in [9.17, 15) is 0 Å². The maximum Gasteiger partial charge on any atom is 0.114 e. The molecule has 1 aromatic carbocycles. The molecule has 4 rings (SSSR count). The molecule has 22 heavy (non-hydrogen) atoms. The summed E-state index contributed by atoms with van der Waals surface area (Å²) in [7, 11) is 0. The van der Waals surface area contributed by atoms with Gasteiger partial charge in [-0.15, -0.1) is 23.1 Å². The van der Waals surface area contributed by atoms with E-state index in [1.807, 2.05) is 23.9 Å². The summed E-state index contributed by atoms with van der Waals surface area (Å²) in [6, 6.07) is 12.4. The number of fused-ring (bicyclic) bond motifs is 1. The first-order valence-electron chi connectivity index (χ1n) is 6.77. The van der Waals surface area contributed by atoms with E-state index >= 15 is 0 Å². The topological polar surface area (TPSA) is 40.2 Å². The molecule has 0 amide bonds. The molecule has 7 heteroatoms. The van der Waals surface area contributed by atoms with Gasteiger partial charge >= 0.3 is 0 Å². The number of halogens is 1. The van der Waals surface area contributed by atoms with Gasteiger partial charge in [0.25, 0.3) is 0 Å². The van der Waals surface area contributed by atoms with Crippen LogP contribution in [0.2, 0.25) is 4.34 Å². The zero-order chi connectivity index (χ0) is 14.9. The van der Waals surface area contributed by atoms with Gasteiger partial charge in [-0.05, 0) is 36.2 Å². The second-order valence-electron chi connectivity index (χ2n) is 4.75. The van der Waals surface area contributed by atoms with Crippen molar-refractivity contribution in [3.05, 3.63) is 46.4 Å². The van der Waals surface area contributed by atoms with E-state index in [2.05, 4.69) is 39.0 Å². The third-order valence-corrected chi connectivity index (χ3v) is 6.48. The molecule has 3 heterocycles. The summed E-state index contributed by atoms with van der Waals surface area (Å²) in [5.74, 6) is 1.07. The Morgan fingerprint density at radius 3 is 3.00 bits per heavy atom. The Morgan fingerprint density at radius 1 is 1.27 bits per heavy atom. The lowest BCUT2D eigenvalue weighted by Crippen LogP contribution is -1.91. The van der Waals surface area contributed by atoms with Gasteiger partial charge in [-0.25, -0.2) is 0 Å². The molecule has 0 saturated carbocycles. The minimum absolute atomic E-state index is 0.806. The van der Waals surface area contributed by atoms with Crippen molar-refractivity contribution in [1.29, 1.82) is 0 Å². The van der Waals surface area contributed by atoms with E-state index in [0.717, 1.165) is 42.8 Å². The normalized spacial score (nSPS) is 14.5. The van der Waals surface area contributed by atoms with E-state index < -0.39 is 0 Å². The molecule has 0 unspecified atom stereocenters. The second-order valence-corrected chi connectivity index (χ2v) is 8.66. The van der Waals surface area contributed by atoms with E-state index in [1.54, 1.807) is 23.3 Å². The van der Waals surface area contributed by atoms with Crippen molar-refractivity contribution in [2.24, 2.45) is 4.99 Å². The van der Waals surface area contributed by atoms with E-state index in [-0.39, 0.29) is 0 Å². The molecule has 1 aliphatic rings. The van der Waals surface area contributed by atoms with Crippen LogP contribution in [-0.4, -0.2) is 22.3 Å². The van der Waals surface area contributed by atoms with Gasteiger partial charge in [0.15, 0.2) is 0 Å². The highest BCUT2D eigenvalue weighted by atomic mass is 35.5. The number of aliphatic imine (C=N–C) groups is 1. The summed E-state index contributed by atoms with van der Waals surface area (Å²) in [6.07, 6.45) is 0. The van der Waals surface area contributed by atoms with Crippen LogP contribution < -0.4 is 4.72 Å². The van der Waals surface area contributed by atoms with Crippen LogP contribution in [0, 0.1) is 0 Å². The fourth-order valence-electron chi connectivity index (χ4n) is 2.31. The highest BCUT2D eigenvalue weighted by Crippen LogP contribution is 2.33. The highest BCUT2D eigenvalue weighted by molar-refractivity contribution is 8.14. The minimum atomic E-state index is 0.806. The van der Waals surface area contributed by atoms with Crippen molar-refractivity contribution >= 4 is 68.3 Å². The highest BCUT2D eigenvalue weighted by Gasteiger charge is 2.13. The maximum absolute atomic E-state index is 5.97. The third kappa shape index (κ3) is 2.88. The Hall–Kier alpha value is -1.08. The molecule has 0 saturated heterocycles. The quantitative estimate of drug-likeness (QED) is 0.600. The van der Waals surface area contributed by atoms with Crippen LogP contribution in [-0.2, 0) is 0 Å². The Labute approximate surface area is 145 Å².